The monoisotopic (exact) mass is 556 g/mol. The molecule has 1 aliphatic heterocycles. The molecule has 0 spiro atoms. The number of fused-ring (bicyclic) bond motifs is 1. The summed E-state index contributed by atoms with van der Waals surface area (Å²) in [6.07, 6.45) is 0.636. The molecule has 0 bridgehead atoms. The fourth-order valence-electron chi connectivity index (χ4n) is 5.58. The minimum atomic E-state index is -4.74. The van der Waals surface area contributed by atoms with Crippen LogP contribution >= 0.6 is 0 Å². The maximum Gasteiger partial charge on any atom is 0.573 e. The molecule has 1 N–H and O–H groups in total. The number of pyridine rings is 1. The van der Waals surface area contributed by atoms with Crippen molar-refractivity contribution >= 4 is 11.7 Å². The molecule has 10 heteroatoms. The van der Waals surface area contributed by atoms with E-state index in [4.69, 9.17) is 9.47 Å². The van der Waals surface area contributed by atoms with Crippen LogP contribution in [0.4, 0.5) is 18.9 Å². The van der Waals surface area contributed by atoms with Crippen molar-refractivity contribution in [2.45, 2.75) is 44.4 Å². The van der Waals surface area contributed by atoms with Crippen LogP contribution in [0.5, 0.6) is 17.4 Å². The Morgan fingerprint density at radius 3 is 2.45 bits per heavy atom. The van der Waals surface area contributed by atoms with Gasteiger partial charge in [-0.3, -0.25) is 4.79 Å². The number of nitrogens with zero attached hydrogens (tertiary/aromatic N) is 2. The molecule has 5 rings (SSSR count). The van der Waals surface area contributed by atoms with Gasteiger partial charge in [-0.25, -0.2) is 4.98 Å². The Labute approximate surface area is 230 Å². The first-order valence-electron chi connectivity index (χ1n) is 13.3. The van der Waals surface area contributed by atoms with Crippen molar-refractivity contribution in [3.05, 3.63) is 65.9 Å². The van der Waals surface area contributed by atoms with Crippen molar-refractivity contribution in [2.24, 2.45) is 5.92 Å². The number of hydrogen-bond acceptors (Lipinski definition) is 6. The number of carbonyl (C=O) groups is 1. The molecule has 1 atom stereocenters. The third-order valence-corrected chi connectivity index (χ3v) is 7.65. The van der Waals surface area contributed by atoms with Crippen LogP contribution in [0.2, 0.25) is 0 Å². The second kappa shape index (κ2) is 11.7. The third-order valence-electron chi connectivity index (χ3n) is 7.65. The van der Waals surface area contributed by atoms with Crippen molar-refractivity contribution in [1.29, 1.82) is 0 Å². The van der Waals surface area contributed by atoms with Crippen LogP contribution in [0.1, 0.15) is 42.7 Å². The smallest absolute Gasteiger partial charge is 0.497 e. The van der Waals surface area contributed by atoms with E-state index < -0.39 is 12.3 Å². The van der Waals surface area contributed by atoms with Crippen molar-refractivity contribution in [1.82, 2.24) is 4.98 Å². The molecule has 40 heavy (non-hydrogen) atoms. The number of halogens is 3. The van der Waals surface area contributed by atoms with Gasteiger partial charge in [-0.15, -0.1) is 13.2 Å². The number of piperidine rings is 1. The number of anilines is 1. The van der Waals surface area contributed by atoms with Gasteiger partial charge in [0, 0.05) is 42.7 Å². The summed E-state index contributed by atoms with van der Waals surface area (Å²) in [5.41, 5.74) is 4.76. The molecule has 7 nitrogen and oxygen atoms in total. The predicted molar refractivity (Wildman–Crippen MR) is 143 cm³/mol. The first-order chi connectivity index (χ1) is 19.2. The van der Waals surface area contributed by atoms with Crippen LogP contribution < -0.4 is 19.1 Å². The van der Waals surface area contributed by atoms with Gasteiger partial charge in [0.05, 0.1) is 20.1 Å². The number of alkyl halides is 3. The largest absolute Gasteiger partial charge is 0.573 e. The Hall–Kier alpha value is -3.95. The second-order valence-electron chi connectivity index (χ2n) is 10.3. The second-order valence-corrected chi connectivity index (χ2v) is 10.3. The molecule has 2 aliphatic rings. The van der Waals surface area contributed by atoms with Crippen molar-refractivity contribution in [3.63, 3.8) is 0 Å². The number of aryl methyl sites for hydroxylation is 1. The maximum atomic E-state index is 12.6. The number of aromatic nitrogens is 1. The van der Waals surface area contributed by atoms with Gasteiger partial charge < -0.3 is 24.2 Å². The number of methoxy groups -OCH3 is 1. The highest BCUT2D eigenvalue weighted by molar-refractivity contribution is 5.80. The van der Waals surface area contributed by atoms with E-state index in [0.717, 1.165) is 66.7 Å². The molecule has 3 aromatic rings. The number of hydrogen-bond donors (Lipinski definition) is 1. The molecule has 2 aromatic carbocycles. The topological polar surface area (TPSA) is 81.1 Å². The van der Waals surface area contributed by atoms with E-state index in [1.165, 1.54) is 12.1 Å². The van der Waals surface area contributed by atoms with Crippen molar-refractivity contribution < 1.29 is 37.3 Å². The minimum Gasteiger partial charge on any atom is -0.497 e. The van der Waals surface area contributed by atoms with Gasteiger partial charge in [0.25, 0.3) is 0 Å². The van der Waals surface area contributed by atoms with Gasteiger partial charge in [-0.1, -0.05) is 12.1 Å². The molecule has 1 fully saturated rings. The van der Waals surface area contributed by atoms with E-state index in [9.17, 15) is 23.1 Å². The molecular formula is C30H31F3N2O5. The Balaban J connectivity index is 1.23. The summed E-state index contributed by atoms with van der Waals surface area (Å²) in [5.74, 6) is 0.509. The zero-order chi connectivity index (χ0) is 28.3. The van der Waals surface area contributed by atoms with E-state index in [1.54, 1.807) is 25.4 Å². The summed E-state index contributed by atoms with van der Waals surface area (Å²) in [7, 11) is 1.60. The summed E-state index contributed by atoms with van der Waals surface area (Å²) in [4.78, 5) is 17.9. The van der Waals surface area contributed by atoms with Gasteiger partial charge in [0.2, 0.25) is 5.88 Å². The lowest BCUT2D eigenvalue weighted by Crippen LogP contribution is -2.35. The maximum absolute atomic E-state index is 12.6. The van der Waals surface area contributed by atoms with E-state index in [2.05, 4.69) is 14.6 Å². The molecule has 2 heterocycles. The molecule has 0 saturated carbocycles. The zero-order valence-electron chi connectivity index (χ0n) is 22.1. The molecule has 0 radical (unpaired) electrons. The average Bonchev–Trinajstić information content (AvgIpc) is 3.32. The first-order valence-corrected chi connectivity index (χ1v) is 13.3. The van der Waals surface area contributed by atoms with Crippen LogP contribution in [-0.4, -0.2) is 49.2 Å². The highest BCUT2D eigenvalue weighted by atomic mass is 19.4. The number of ether oxygens (including phenoxy) is 3. The van der Waals surface area contributed by atoms with E-state index in [1.807, 2.05) is 24.3 Å². The lowest BCUT2D eigenvalue weighted by atomic mass is 9.95. The molecule has 0 amide bonds. The van der Waals surface area contributed by atoms with Gasteiger partial charge in [-0.2, -0.15) is 0 Å². The van der Waals surface area contributed by atoms with Crippen molar-refractivity contribution in [3.8, 4) is 28.5 Å². The van der Waals surface area contributed by atoms with Crippen molar-refractivity contribution in [2.75, 3.05) is 31.7 Å². The summed E-state index contributed by atoms with van der Waals surface area (Å²) in [5, 5.41) is 9.20. The molecule has 212 valence electrons. The Bertz CT molecular complexity index is 1340. The van der Waals surface area contributed by atoms with Crippen LogP contribution in [-0.2, 0) is 11.2 Å². The van der Waals surface area contributed by atoms with E-state index in [-0.39, 0.29) is 18.1 Å². The van der Waals surface area contributed by atoms with Gasteiger partial charge in [-0.05, 0) is 78.5 Å². The fraction of sp³-hybridized carbons (Fsp3) is 0.400. The van der Waals surface area contributed by atoms with Gasteiger partial charge >= 0.3 is 12.3 Å². The SMILES string of the molecule is COc1ccc(-c2ccc(OC(F)(F)F)cc2)c(N2CCC(COc3cc4c(cn3)CCC4CC(=O)O)CC2)c1. The number of carboxylic acid groups (broad SMARTS) is 1. The molecule has 1 saturated heterocycles. The average molecular weight is 557 g/mol. The Kier molecular flexibility index (Phi) is 8.04. The van der Waals surface area contributed by atoms with Crippen LogP contribution in [0.15, 0.2) is 54.7 Å². The number of aliphatic carboxylic acids is 1. The number of benzene rings is 2. The zero-order valence-corrected chi connectivity index (χ0v) is 22.1. The van der Waals surface area contributed by atoms with Crippen LogP contribution in [0.25, 0.3) is 11.1 Å². The summed E-state index contributed by atoms with van der Waals surface area (Å²) in [6.45, 7) is 2.08. The first kappa shape index (κ1) is 27.6. The molecule has 1 aromatic heterocycles. The summed E-state index contributed by atoms with van der Waals surface area (Å²) in [6, 6.07) is 13.5. The Morgan fingerprint density at radius 1 is 1.05 bits per heavy atom. The fourth-order valence-corrected chi connectivity index (χ4v) is 5.58. The van der Waals surface area contributed by atoms with Crippen LogP contribution in [0, 0.1) is 5.92 Å². The minimum absolute atomic E-state index is 0.00603. The molecule has 1 aliphatic carbocycles. The third kappa shape index (κ3) is 6.60. The Morgan fingerprint density at radius 2 is 1.77 bits per heavy atom. The van der Waals surface area contributed by atoms with Crippen LogP contribution in [0.3, 0.4) is 0 Å². The normalized spacial score (nSPS) is 17.4. The standard InChI is InChI=1S/C30H31F3N2O5/c1-38-24-8-9-25(20-4-6-23(7-5-20)40-30(31,32)33)27(15-24)35-12-10-19(11-13-35)18-39-28-16-26-21(14-29(36)37)2-3-22(26)17-34-28/h4-9,15-17,19,21H,2-3,10-14,18H2,1H3,(H,36,37). The summed E-state index contributed by atoms with van der Waals surface area (Å²) >= 11 is 0. The molecule has 1 unspecified atom stereocenters. The lowest BCUT2D eigenvalue weighted by Gasteiger charge is -2.35. The quantitative estimate of drug-likeness (QED) is 0.324. The summed E-state index contributed by atoms with van der Waals surface area (Å²) < 4.78 is 53.2. The van der Waals surface area contributed by atoms with Gasteiger partial charge in [0.15, 0.2) is 0 Å². The number of carboxylic acids is 1. The number of rotatable bonds is 9. The lowest BCUT2D eigenvalue weighted by molar-refractivity contribution is -0.274. The van der Waals surface area contributed by atoms with E-state index in [0.29, 0.717) is 24.2 Å². The highest BCUT2D eigenvalue weighted by Gasteiger charge is 2.31. The van der Waals surface area contributed by atoms with Gasteiger partial charge in [0.1, 0.15) is 11.5 Å². The molecular weight excluding hydrogens is 525 g/mol. The van der Waals surface area contributed by atoms with E-state index >= 15 is 0 Å². The highest BCUT2D eigenvalue weighted by Crippen LogP contribution is 2.39. The predicted octanol–water partition coefficient (Wildman–Crippen LogP) is 6.46.